The van der Waals surface area contributed by atoms with Gasteiger partial charge in [-0.3, -0.25) is 4.79 Å². The van der Waals surface area contributed by atoms with Crippen molar-refractivity contribution in [3.05, 3.63) is 59.7 Å². The molecule has 2 aromatic rings. The lowest BCUT2D eigenvalue weighted by atomic mass is 9.98. The molecule has 5 nitrogen and oxygen atoms in total. The first-order valence-electron chi connectivity index (χ1n) is 8.86. The highest BCUT2D eigenvalue weighted by molar-refractivity contribution is 5.79. The van der Waals surface area contributed by atoms with E-state index >= 15 is 0 Å². The van der Waals surface area contributed by atoms with Gasteiger partial charge in [0.15, 0.2) is 0 Å². The van der Waals surface area contributed by atoms with Crippen LogP contribution >= 0.6 is 0 Å². The Morgan fingerprint density at radius 3 is 2.27 bits per heavy atom. The van der Waals surface area contributed by atoms with Crippen LogP contribution in [0.2, 0.25) is 0 Å². The summed E-state index contributed by atoms with van der Waals surface area (Å²) in [6.45, 7) is 1.19. The quantitative estimate of drug-likeness (QED) is 0.795. The van der Waals surface area contributed by atoms with E-state index in [1.54, 1.807) is 4.90 Å². The Morgan fingerprint density at radius 2 is 1.65 bits per heavy atom. The van der Waals surface area contributed by atoms with Crippen LogP contribution in [0.1, 0.15) is 23.5 Å². The standard InChI is InChI=1S/C21H21NO4/c1-25-20(23)14-10-11-22(12-14)21(24)26-13-19-17-8-4-2-6-15(17)16-7-3-5-9-18(16)19/h2-9,14,19H,10-13H2,1H3. The van der Waals surface area contributed by atoms with Crippen molar-refractivity contribution in [3.8, 4) is 11.1 Å². The Morgan fingerprint density at radius 1 is 1.04 bits per heavy atom. The number of ether oxygens (including phenoxy) is 2. The summed E-state index contributed by atoms with van der Waals surface area (Å²) in [5.41, 5.74) is 4.79. The zero-order valence-electron chi connectivity index (χ0n) is 14.7. The number of fused-ring (bicyclic) bond motifs is 3. The molecule has 0 spiro atoms. The molecule has 2 aliphatic rings. The maximum absolute atomic E-state index is 12.4. The van der Waals surface area contributed by atoms with Crippen molar-refractivity contribution in [1.82, 2.24) is 4.90 Å². The maximum Gasteiger partial charge on any atom is 0.409 e. The third-order valence-electron chi connectivity index (χ3n) is 5.32. The fourth-order valence-corrected chi connectivity index (χ4v) is 3.97. The first-order valence-corrected chi connectivity index (χ1v) is 8.86. The van der Waals surface area contributed by atoms with E-state index in [1.807, 2.05) is 24.3 Å². The molecule has 1 saturated heterocycles. The molecule has 0 radical (unpaired) electrons. The molecule has 5 heteroatoms. The minimum Gasteiger partial charge on any atom is -0.469 e. The molecule has 4 rings (SSSR count). The van der Waals surface area contributed by atoms with Crippen molar-refractivity contribution >= 4 is 12.1 Å². The van der Waals surface area contributed by atoms with Crippen molar-refractivity contribution in [1.29, 1.82) is 0 Å². The second-order valence-corrected chi connectivity index (χ2v) is 6.76. The fourth-order valence-electron chi connectivity index (χ4n) is 3.97. The highest BCUT2D eigenvalue weighted by Gasteiger charge is 2.34. The second-order valence-electron chi connectivity index (χ2n) is 6.76. The molecule has 1 atom stereocenters. The van der Waals surface area contributed by atoms with Gasteiger partial charge < -0.3 is 14.4 Å². The van der Waals surface area contributed by atoms with E-state index in [0.717, 1.165) is 0 Å². The highest BCUT2D eigenvalue weighted by atomic mass is 16.6. The number of methoxy groups -OCH3 is 1. The molecular formula is C21H21NO4. The van der Waals surface area contributed by atoms with Crippen LogP contribution < -0.4 is 0 Å². The number of hydrogen-bond donors (Lipinski definition) is 0. The number of carbonyl (C=O) groups excluding carboxylic acids is 2. The van der Waals surface area contributed by atoms with E-state index in [1.165, 1.54) is 29.4 Å². The van der Waals surface area contributed by atoms with Crippen LogP contribution in [0.4, 0.5) is 4.79 Å². The molecule has 1 aliphatic carbocycles. The molecule has 26 heavy (non-hydrogen) atoms. The smallest absolute Gasteiger partial charge is 0.409 e. The van der Waals surface area contributed by atoms with Gasteiger partial charge in [0.25, 0.3) is 0 Å². The maximum atomic E-state index is 12.4. The van der Waals surface area contributed by atoms with Crippen LogP contribution in [0.5, 0.6) is 0 Å². The summed E-state index contributed by atoms with van der Waals surface area (Å²) in [4.78, 5) is 25.6. The van der Waals surface area contributed by atoms with Crippen molar-refractivity contribution in [2.75, 3.05) is 26.8 Å². The molecule has 1 fully saturated rings. The van der Waals surface area contributed by atoms with Crippen molar-refractivity contribution in [2.45, 2.75) is 12.3 Å². The predicted molar refractivity (Wildman–Crippen MR) is 96.8 cm³/mol. The molecule has 0 aromatic heterocycles. The number of hydrogen-bond acceptors (Lipinski definition) is 4. The van der Waals surface area contributed by atoms with Crippen molar-refractivity contribution in [2.24, 2.45) is 5.92 Å². The number of carbonyl (C=O) groups is 2. The first-order chi connectivity index (χ1) is 12.7. The minimum absolute atomic E-state index is 0.0466. The van der Waals surface area contributed by atoms with Crippen LogP contribution in [0, 0.1) is 5.92 Å². The van der Waals surface area contributed by atoms with Crippen molar-refractivity contribution in [3.63, 3.8) is 0 Å². The lowest BCUT2D eigenvalue weighted by Crippen LogP contribution is -2.31. The SMILES string of the molecule is COC(=O)C1CCN(C(=O)OCC2c3ccccc3-c3ccccc32)C1. The zero-order valence-corrected chi connectivity index (χ0v) is 14.7. The Balaban J connectivity index is 1.45. The van der Waals surface area contributed by atoms with E-state index < -0.39 is 0 Å². The lowest BCUT2D eigenvalue weighted by molar-refractivity contribution is -0.144. The number of amides is 1. The summed E-state index contributed by atoms with van der Waals surface area (Å²) in [6.07, 6.45) is 0.259. The molecule has 2 aromatic carbocycles. The summed E-state index contributed by atoms with van der Waals surface area (Å²) in [6, 6.07) is 16.5. The van der Waals surface area contributed by atoms with Crippen LogP contribution in [0.25, 0.3) is 11.1 Å². The Labute approximate surface area is 152 Å². The highest BCUT2D eigenvalue weighted by Crippen LogP contribution is 2.44. The summed E-state index contributed by atoms with van der Waals surface area (Å²) < 4.78 is 10.4. The van der Waals surface area contributed by atoms with Gasteiger partial charge in [-0.05, 0) is 28.7 Å². The molecular weight excluding hydrogens is 330 g/mol. The van der Waals surface area contributed by atoms with E-state index in [0.29, 0.717) is 26.1 Å². The molecule has 1 heterocycles. The fraction of sp³-hybridized carbons (Fsp3) is 0.333. The van der Waals surface area contributed by atoms with E-state index in [2.05, 4.69) is 24.3 Å². The number of benzene rings is 2. The molecule has 0 saturated carbocycles. The molecule has 1 unspecified atom stereocenters. The predicted octanol–water partition coefficient (Wildman–Crippen LogP) is 3.43. The minimum atomic E-state index is -0.363. The number of esters is 1. The van der Waals surface area contributed by atoms with Gasteiger partial charge in [0.05, 0.1) is 13.0 Å². The summed E-state index contributed by atoms with van der Waals surface area (Å²) in [5.74, 6) is -0.468. The van der Waals surface area contributed by atoms with Gasteiger partial charge in [0, 0.05) is 19.0 Å². The van der Waals surface area contributed by atoms with Gasteiger partial charge in [-0.2, -0.15) is 0 Å². The number of rotatable bonds is 3. The van der Waals surface area contributed by atoms with Gasteiger partial charge in [0.2, 0.25) is 0 Å². The van der Waals surface area contributed by atoms with Gasteiger partial charge in [0.1, 0.15) is 6.61 Å². The van der Waals surface area contributed by atoms with Crippen LogP contribution in [0.15, 0.2) is 48.5 Å². The first kappa shape index (κ1) is 16.6. The molecule has 134 valence electrons. The second kappa shape index (κ2) is 6.83. The number of nitrogens with zero attached hydrogens (tertiary/aromatic N) is 1. The average Bonchev–Trinajstić information content (AvgIpc) is 3.29. The van der Waals surface area contributed by atoms with Gasteiger partial charge in [-0.1, -0.05) is 48.5 Å². The molecule has 0 bridgehead atoms. The molecule has 0 N–H and O–H groups in total. The normalized spacial score (nSPS) is 18.3. The lowest BCUT2D eigenvalue weighted by Gasteiger charge is -2.19. The summed E-state index contributed by atoms with van der Waals surface area (Å²) in [5, 5.41) is 0. The van der Waals surface area contributed by atoms with Crippen LogP contribution in [-0.4, -0.2) is 43.8 Å². The topological polar surface area (TPSA) is 55.8 Å². The average molecular weight is 351 g/mol. The van der Waals surface area contributed by atoms with Gasteiger partial charge in [-0.15, -0.1) is 0 Å². The largest absolute Gasteiger partial charge is 0.469 e. The third kappa shape index (κ3) is 2.83. The Kier molecular flexibility index (Phi) is 4.37. The third-order valence-corrected chi connectivity index (χ3v) is 5.32. The number of likely N-dealkylation sites (tertiary alicyclic amines) is 1. The monoisotopic (exact) mass is 351 g/mol. The summed E-state index contributed by atoms with van der Waals surface area (Å²) in [7, 11) is 1.37. The summed E-state index contributed by atoms with van der Waals surface area (Å²) >= 11 is 0. The van der Waals surface area contributed by atoms with Crippen molar-refractivity contribution < 1.29 is 19.1 Å². The molecule has 1 amide bonds. The Hall–Kier alpha value is -2.82. The zero-order chi connectivity index (χ0) is 18.1. The van der Waals surface area contributed by atoms with E-state index in [-0.39, 0.29) is 23.9 Å². The van der Waals surface area contributed by atoms with Crippen LogP contribution in [-0.2, 0) is 14.3 Å². The van der Waals surface area contributed by atoms with Gasteiger partial charge in [-0.25, -0.2) is 4.79 Å². The van der Waals surface area contributed by atoms with E-state index in [9.17, 15) is 9.59 Å². The molecule has 1 aliphatic heterocycles. The van der Waals surface area contributed by atoms with E-state index in [4.69, 9.17) is 9.47 Å². The Bertz CT molecular complexity index is 802. The van der Waals surface area contributed by atoms with Crippen LogP contribution in [0.3, 0.4) is 0 Å². The van der Waals surface area contributed by atoms with Gasteiger partial charge >= 0.3 is 12.1 Å².